The summed E-state index contributed by atoms with van der Waals surface area (Å²) in [7, 11) is 0. The van der Waals surface area contributed by atoms with Gasteiger partial charge in [0.1, 0.15) is 6.04 Å². The Kier molecular flexibility index (Phi) is 2.48. The molecule has 0 bridgehead atoms. The standard InChI is InChI=1S/C10H16N/c1-7(2)9-5-6-10(11-9)8(3)4/h5-8H,1-4H3. The van der Waals surface area contributed by atoms with Crippen LogP contribution in [0.2, 0.25) is 0 Å². The second-order valence-electron chi connectivity index (χ2n) is 3.60. The molecule has 0 amide bonds. The van der Waals surface area contributed by atoms with Crippen molar-refractivity contribution in [3.05, 3.63) is 18.2 Å². The fraction of sp³-hybridized carbons (Fsp3) is 0.600. The molecule has 0 aliphatic carbocycles. The van der Waals surface area contributed by atoms with Crippen molar-refractivity contribution in [1.29, 1.82) is 0 Å². The number of allylic oxidation sites excluding steroid dienone is 1. The maximum Gasteiger partial charge on any atom is 0.111 e. The molecule has 61 valence electrons. The molecule has 0 saturated heterocycles. The Bertz CT molecular complexity index is 187. The molecule has 0 aromatic heterocycles. The summed E-state index contributed by atoms with van der Waals surface area (Å²) in [5, 5.41) is 0. The minimum absolute atomic E-state index is 0.558. The van der Waals surface area contributed by atoms with Crippen LogP contribution in [0.15, 0.2) is 17.1 Å². The van der Waals surface area contributed by atoms with Gasteiger partial charge in [-0.25, -0.2) is 0 Å². The highest BCUT2D eigenvalue weighted by Gasteiger charge is 2.16. The van der Waals surface area contributed by atoms with E-state index in [2.05, 4.69) is 44.8 Å². The number of rotatable bonds is 2. The molecule has 11 heavy (non-hydrogen) atoms. The Morgan fingerprint density at radius 3 is 1.91 bits per heavy atom. The smallest absolute Gasteiger partial charge is 0.111 e. The lowest BCUT2D eigenvalue weighted by atomic mass is 10.1. The Balaban J connectivity index is 2.63. The van der Waals surface area contributed by atoms with Crippen molar-refractivity contribution in [2.75, 3.05) is 0 Å². The maximum absolute atomic E-state index is 4.51. The lowest BCUT2D eigenvalue weighted by molar-refractivity contribution is 0.689. The molecule has 0 unspecified atom stereocenters. The van der Waals surface area contributed by atoms with Crippen LogP contribution in [0.3, 0.4) is 0 Å². The monoisotopic (exact) mass is 150 g/mol. The molecule has 1 aliphatic heterocycles. The van der Waals surface area contributed by atoms with Gasteiger partial charge in [-0.3, -0.25) is 4.99 Å². The van der Waals surface area contributed by atoms with Gasteiger partial charge in [0.2, 0.25) is 0 Å². The molecule has 0 fully saturated rings. The van der Waals surface area contributed by atoms with Crippen LogP contribution < -0.4 is 0 Å². The van der Waals surface area contributed by atoms with Crippen molar-refractivity contribution in [3.8, 4) is 0 Å². The van der Waals surface area contributed by atoms with Gasteiger partial charge in [-0.2, -0.15) is 0 Å². The summed E-state index contributed by atoms with van der Waals surface area (Å²) in [4.78, 5) is 4.51. The Labute approximate surface area is 69.2 Å². The summed E-state index contributed by atoms with van der Waals surface area (Å²) < 4.78 is 0. The fourth-order valence-electron chi connectivity index (χ4n) is 1.04. The van der Waals surface area contributed by atoms with Crippen LogP contribution in [0.25, 0.3) is 0 Å². The van der Waals surface area contributed by atoms with Crippen molar-refractivity contribution < 1.29 is 0 Å². The topological polar surface area (TPSA) is 12.4 Å². The second kappa shape index (κ2) is 3.21. The number of hydrogen-bond donors (Lipinski definition) is 0. The van der Waals surface area contributed by atoms with Crippen LogP contribution in [0.4, 0.5) is 0 Å². The minimum Gasteiger partial charge on any atom is -0.276 e. The van der Waals surface area contributed by atoms with E-state index in [0.717, 1.165) is 0 Å². The Morgan fingerprint density at radius 1 is 1.00 bits per heavy atom. The third kappa shape index (κ3) is 1.92. The normalized spacial score (nSPS) is 18.5. The van der Waals surface area contributed by atoms with Crippen molar-refractivity contribution in [3.63, 3.8) is 0 Å². The lowest BCUT2D eigenvalue weighted by Crippen LogP contribution is -2.02. The molecular weight excluding hydrogens is 134 g/mol. The number of hydrogen-bond acceptors (Lipinski definition) is 1. The molecule has 0 spiro atoms. The highest BCUT2D eigenvalue weighted by molar-refractivity contribution is 5.99. The molecule has 0 aromatic rings. The van der Waals surface area contributed by atoms with Gasteiger partial charge in [-0.05, 0) is 17.9 Å². The molecule has 1 rings (SSSR count). The lowest BCUT2D eigenvalue weighted by Gasteiger charge is -2.07. The second-order valence-corrected chi connectivity index (χ2v) is 3.60. The van der Waals surface area contributed by atoms with Gasteiger partial charge in [-0.15, -0.1) is 0 Å². The van der Waals surface area contributed by atoms with Crippen LogP contribution in [-0.4, -0.2) is 5.71 Å². The van der Waals surface area contributed by atoms with Crippen LogP contribution in [-0.2, 0) is 0 Å². The van der Waals surface area contributed by atoms with Crippen LogP contribution >= 0.6 is 0 Å². The number of aliphatic imine (C=N–C) groups is 1. The predicted octanol–water partition coefficient (Wildman–Crippen LogP) is 2.84. The van der Waals surface area contributed by atoms with Gasteiger partial charge in [0.25, 0.3) is 0 Å². The van der Waals surface area contributed by atoms with Gasteiger partial charge in [-0.1, -0.05) is 33.8 Å². The average Bonchev–Trinajstić information content (AvgIpc) is 2.33. The van der Waals surface area contributed by atoms with Crippen LogP contribution in [0.5, 0.6) is 0 Å². The van der Waals surface area contributed by atoms with Crippen LogP contribution in [0, 0.1) is 17.9 Å². The average molecular weight is 150 g/mol. The van der Waals surface area contributed by atoms with Gasteiger partial charge in [0.05, 0.1) is 0 Å². The van der Waals surface area contributed by atoms with E-state index in [-0.39, 0.29) is 0 Å². The molecule has 0 atom stereocenters. The zero-order valence-corrected chi connectivity index (χ0v) is 7.76. The SMILES string of the molecule is CC(C)[C]1C=CC(C(C)C)=N1. The van der Waals surface area contributed by atoms with E-state index in [0.29, 0.717) is 11.8 Å². The van der Waals surface area contributed by atoms with E-state index in [4.69, 9.17) is 0 Å². The molecule has 0 aromatic carbocycles. The van der Waals surface area contributed by atoms with E-state index in [1.54, 1.807) is 0 Å². The predicted molar refractivity (Wildman–Crippen MR) is 49.5 cm³/mol. The molecule has 1 heteroatoms. The molecule has 1 aliphatic rings. The molecule has 1 heterocycles. The fourth-order valence-corrected chi connectivity index (χ4v) is 1.04. The quantitative estimate of drug-likeness (QED) is 0.574. The molecule has 0 saturated carbocycles. The largest absolute Gasteiger partial charge is 0.276 e. The summed E-state index contributed by atoms with van der Waals surface area (Å²) in [6.45, 7) is 8.69. The Morgan fingerprint density at radius 2 is 1.64 bits per heavy atom. The first-order valence-electron chi connectivity index (χ1n) is 4.24. The van der Waals surface area contributed by atoms with E-state index >= 15 is 0 Å². The first-order valence-corrected chi connectivity index (χ1v) is 4.24. The van der Waals surface area contributed by atoms with E-state index < -0.39 is 0 Å². The molecule has 1 radical (unpaired) electrons. The van der Waals surface area contributed by atoms with E-state index in [9.17, 15) is 0 Å². The van der Waals surface area contributed by atoms with Crippen LogP contribution in [0.1, 0.15) is 27.7 Å². The highest BCUT2D eigenvalue weighted by atomic mass is 14.8. The van der Waals surface area contributed by atoms with Crippen molar-refractivity contribution in [1.82, 2.24) is 0 Å². The Hall–Kier alpha value is -0.590. The van der Waals surface area contributed by atoms with Crippen molar-refractivity contribution in [2.45, 2.75) is 27.7 Å². The summed E-state index contributed by atoms with van der Waals surface area (Å²) >= 11 is 0. The van der Waals surface area contributed by atoms with Crippen molar-refractivity contribution >= 4 is 5.71 Å². The number of nitrogens with zero attached hydrogens (tertiary/aromatic N) is 1. The zero-order valence-electron chi connectivity index (χ0n) is 7.76. The van der Waals surface area contributed by atoms with Gasteiger partial charge in [0.15, 0.2) is 0 Å². The van der Waals surface area contributed by atoms with Gasteiger partial charge >= 0.3 is 0 Å². The summed E-state index contributed by atoms with van der Waals surface area (Å²) in [6.07, 6.45) is 4.25. The summed E-state index contributed by atoms with van der Waals surface area (Å²) in [5.41, 5.74) is 1.22. The van der Waals surface area contributed by atoms with Gasteiger partial charge < -0.3 is 0 Å². The highest BCUT2D eigenvalue weighted by Crippen LogP contribution is 2.23. The first kappa shape index (κ1) is 8.51. The molecule has 1 nitrogen and oxygen atoms in total. The third-order valence-electron chi connectivity index (χ3n) is 1.87. The minimum atomic E-state index is 0.558. The third-order valence-corrected chi connectivity index (χ3v) is 1.87. The van der Waals surface area contributed by atoms with E-state index in [1.807, 2.05) is 0 Å². The van der Waals surface area contributed by atoms with Crippen molar-refractivity contribution in [2.24, 2.45) is 16.8 Å². The first-order chi connectivity index (χ1) is 5.11. The summed E-state index contributed by atoms with van der Waals surface area (Å²) in [6, 6.07) is 1.22. The zero-order chi connectivity index (χ0) is 8.43. The molecular formula is C10H16N. The maximum atomic E-state index is 4.51. The molecule has 0 N–H and O–H groups in total. The van der Waals surface area contributed by atoms with E-state index in [1.165, 1.54) is 11.8 Å². The van der Waals surface area contributed by atoms with Gasteiger partial charge in [0, 0.05) is 5.71 Å². The summed E-state index contributed by atoms with van der Waals surface area (Å²) in [5.74, 6) is 1.12.